The van der Waals surface area contributed by atoms with Crippen LogP contribution < -0.4 is 9.47 Å². The van der Waals surface area contributed by atoms with Gasteiger partial charge in [-0.25, -0.2) is 13.8 Å². The Morgan fingerprint density at radius 2 is 1.89 bits per heavy atom. The van der Waals surface area contributed by atoms with Gasteiger partial charge in [-0.1, -0.05) is 23.7 Å². The molecule has 0 saturated carbocycles. The van der Waals surface area contributed by atoms with Crippen molar-refractivity contribution in [3.05, 3.63) is 82.5 Å². The molecule has 0 fully saturated rings. The summed E-state index contributed by atoms with van der Waals surface area (Å²) in [6.45, 7) is -0.0122. The van der Waals surface area contributed by atoms with Crippen LogP contribution in [0.4, 0.5) is 8.78 Å². The molecule has 1 N–H and O–H groups in total. The van der Waals surface area contributed by atoms with E-state index in [1.54, 1.807) is 18.2 Å². The van der Waals surface area contributed by atoms with Crippen LogP contribution in [-0.2, 0) is 17.8 Å². The molecule has 8 heteroatoms. The molecule has 0 radical (unpaired) electrons. The average Bonchev–Trinajstić information content (AvgIpc) is 2.63. The third-order valence-electron chi connectivity index (χ3n) is 3.64. The van der Waals surface area contributed by atoms with Crippen molar-refractivity contribution in [2.75, 3.05) is 0 Å². The number of benzene rings is 2. The number of rotatable bonds is 7. The standard InChI is InChI=1S/C20H14ClF2NO4/c21-13-5-7-18(17(23)9-13)27-11-14-2-1-3-19(24-14)28-15-6-4-12(8-20(25)26)16(22)10-15/h1-7,9-10H,8,11H2,(H,25,26). The first kappa shape index (κ1) is 19.6. The van der Waals surface area contributed by atoms with Gasteiger partial charge in [0.2, 0.25) is 5.88 Å². The average molecular weight is 406 g/mol. The fourth-order valence-corrected chi connectivity index (χ4v) is 2.52. The second-order valence-electron chi connectivity index (χ2n) is 5.76. The third kappa shape index (κ3) is 5.17. The maximum absolute atomic E-state index is 13.9. The number of hydrogen-bond acceptors (Lipinski definition) is 4. The molecule has 0 aliphatic carbocycles. The molecule has 0 spiro atoms. The van der Waals surface area contributed by atoms with Crippen LogP contribution in [0.5, 0.6) is 17.4 Å². The quantitative estimate of drug-likeness (QED) is 0.598. The Labute approximate surface area is 164 Å². The van der Waals surface area contributed by atoms with Gasteiger partial charge < -0.3 is 14.6 Å². The van der Waals surface area contributed by atoms with Gasteiger partial charge in [-0.2, -0.15) is 0 Å². The minimum Gasteiger partial charge on any atom is -0.484 e. The highest BCUT2D eigenvalue weighted by Gasteiger charge is 2.10. The van der Waals surface area contributed by atoms with Gasteiger partial charge in [0.15, 0.2) is 11.6 Å². The lowest BCUT2D eigenvalue weighted by molar-refractivity contribution is -0.136. The SMILES string of the molecule is O=C(O)Cc1ccc(Oc2cccc(COc3ccc(Cl)cc3F)n2)cc1F. The highest BCUT2D eigenvalue weighted by atomic mass is 35.5. The molecule has 144 valence electrons. The number of aliphatic carboxylic acids is 1. The normalized spacial score (nSPS) is 10.5. The second-order valence-corrected chi connectivity index (χ2v) is 6.19. The Morgan fingerprint density at radius 1 is 1.07 bits per heavy atom. The van der Waals surface area contributed by atoms with Crippen molar-refractivity contribution in [2.24, 2.45) is 0 Å². The highest BCUT2D eigenvalue weighted by molar-refractivity contribution is 6.30. The van der Waals surface area contributed by atoms with Crippen LogP contribution in [0.15, 0.2) is 54.6 Å². The molecule has 28 heavy (non-hydrogen) atoms. The minimum atomic E-state index is -1.13. The Hall–Kier alpha value is -3.19. The van der Waals surface area contributed by atoms with E-state index in [4.69, 9.17) is 26.2 Å². The number of carboxylic acids is 1. The zero-order valence-corrected chi connectivity index (χ0v) is 15.1. The van der Waals surface area contributed by atoms with E-state index in [2.05, 4.69) is 4.98 Å². The summed E-state index contributed by atoms with van der Waals surface area (Å²) in [6.07, 6.45) is -0.418. The summed E-state index contributed by atoms with van der Waals surface area (Å²) in [4.78, 5) is 14.9. The molecule has 0 bridgehead atoms. The van der Waals surface area contributed by atoms with E-state index in [1.165, 1.54) is 24.3 Å². The van der Waals surface area contributed by atoms with Crippen molar-refractivity contribution < 1.29 is 28.2 Å². The number of nitrogens with zero attached hydrogens (tertiary/aromatic N) is 1. The van der Waals surface area contributed by atoms with Crippen molar-refractivity contribution in [3.63, 3.8) is 0 Å². The fourth-order valence-electron chi connectivity index (χ4n) is 2.36. The highest BCUT2D eigenvalue weighted by Crippen LogP contribution is 2.24. The summed E-state index contributed by atoms with van der Waals surface area (Å²) < 4.78 is 38.6. The van der Waals surface area contributed by atoms with E-state index in [0.717, 1.165) is 12.1 Å². The fraction of sp³-hybridized carbons (Fsp3) is 0.100. The lowest BCUT2D eigenvalue weighted by atomic mass is 10.1. The first-order chi connectivity index (χ1) is 13.4. The number of hydrogen-bond donors (Lipinski definition) is 1. The molecule has 0 amide bonds. The molecule has 1 aromatic heterocycles. The number of carbonyl (C=O) groups is 1. The van der Waals surface area contributed by atoms with Crippen LogP contribution in [-0.4, -0.2) is 16.1 Å². The van der Waals surface area contributed by atoms with Crippen LogP contribution in [0, 0.1) is 11.6 Å². The Kier molecular flexibility index (Phi) is 6.06. The molecule has 3 aromatic rings. The van der Waals surface area contributed by atoms with Crippen LogP contribution in [0.1, 0.15) is 11.3 Å². The van der Waals surface area contributed by atoms with E-state index in [0.29, 0.717) is 5.69 Å². The van der Waals surface area contributed by atoms with Crippen LogP contribution >= 0.6 is 11.6 Å². The lowest BCUT2D eigenvalue weighted by Gasteiger charge is -2.10. The molecule has 0 atom stereocenters. The van der Waals surface area contributed by atoms with E-state index < -0.39 is 24.0 Å². The molecule has 1 heterocycles. The maximum atomic E-state index is 13.9. The maximum Gasteiger partial charge on any atom is 0.307 e. The predicted octanol–water partition coefficient (Wildman–Crippen LogP) is 5.01. The number of carboxylic acid groups (broad SMARTS) is 1. The Balaban J connectivity index is 1.68. The largest absolute Gasteiger partial charge is 0.484 e. The van der Waals surface area contributed by atoms with E-state index in [-0.39, 0.29) is 34.6 Å². The summed E-state index contributed by atoms with van der Waals surface area (Å²) in [7, 11) is 0. The summed E-state index contributed by atoms with van der Waals surface area (Å²) in [6, 6.07) is 12.8. The van der Waals surface area contributed by atoms with Crippen LogP contribution in [0.25, 0.3) is 0 Å². The van der Waals surface area contributed by atoms with E-state index in [1.807, 2.05) is 0 Å². The number of pyridine rings is 1. The molecule has 0 unspecified atom stereocenters. The molecule has 5 nitrogen and oxygen atoms in total. The van der Waals surface area contributed by atoms with Gasteiger partial charge in [-0.15, -0.1) is 0 Å². The molecular formula is C20H14ClF2NO4. The summed E-state index contributed by atoms with van der Waals surface area (Å²) >= 11 is 5.70. The van der Waals surface area contributed by atoms with Gasteiger partial charge >= 0.3 is 5.97 Å². The summed E-state index contributed by atoms with van der Waals surface area (Å²) in [5.41, 5.74) is 0.523. The summed E-state index contributed by atoms with van der Waals surface area (Å²) in [5.74, 6) is -2.01. The van der Waals surface area contributed by atoms with Gasteiger partial charge in [-0.3, -0.25) is 4.79 Å². The molecule has 0 saturated heterocycles. The predicted molar refractivity (Wildman–Crippen MR) is 97.8 cm³/mol. The first-order valence-electron chi connectivity index (χ1n) is 8.12. The van der Waals surface area contributed by atoms with Crippen molar-refractivity contribution in [2.45, 2.75) is 13.0 Å². The Morgan fingerprint density at radius 3 is 2.61 bits per heavy atom. The van der Waals surface area contributed by atoms with Crippen molar-refractivity contribution >= 4 is 17.6 Å². The number of aromatic nitrogens is 1. The molecular weight excluding hydrogens is 392 g/mol. The van der Waals surface area contributed by atoms with Crippen molar-refractivity contribution in [3.8, 4) is 17.4 Å². The minimum absolute atomic E-state index is 0.0122. The van der Waals surface area contributed by atoms with Gasteiger partial charge in [0, 0.05) is 17.2 Å². The van der Waals surface area contributed by atoms with Crippen molar-refractivity contribution in [1.82, 2.24) is 4.98 Å². The van der Waals surface area contributed by atoms with Gasteiger partial charge in [0.25, 0.3) is 0 Å². The topological polar surface area (TPSA) is 68.7 Å². The smallest absolute Gasteiger partial charge is 0.307 e. The number of ether oxygens (including phenoxy) is 2. The van der Waals surface area contributed by atoms with Crippen LogP contribution in [0.2, 0.25) is 5.02 Å². The van der Waals surface area contributed by atoms with E-state index in [9.17, 15) is 13.6 Å². The molecule has 3 rings (SSSR count). The lowest BCUT2D eigenvalue weighted by Crippen LogP contribution is -2.03. The van der Waals surface area contributed by atoms with Crippen molar-refractivity contribution in [1.29, 1.82) is 0 Å². The summed E-state index contributed by atoms with van der Waals surface area (Å²) in [5, 5.41) is 9.00. The molecule has 2 aromatic carbocycles. The van der Waals surface area contributed by atoms with Gasteiger partial charge in [-0.05, 0) is 35.9 Å². The van der Waals surface area contributed by atoms with Gasteiger partial charge in [0.1, 0.15) is 18.2 Å². The van der Waals surface area contributed by atoms with E-state index >= 15 is 0 Å². The third-order valence-corrected chi connectivity index (χ3v) is 3.87. The zero-order chi connectivity index (χ0) is 20.1. The Bertz CT molecular complexity index is 1010. The van der Waals surface area contributed by atoms with Crippen LogP contribution in [0.3, 0.4) is 0 Å². The van der Waals surface area contributed by atoms with Gasteiger partial charge in [0.05, 0.1) is 12.1 Å². The first-order valence-corrected chi connectivity index (χ1v) is 8.50. The second kappa shape index (κ2) is 8.67. The molecule has 0 aliphatic heterocycles. The molecule has 0 aliphatic rings. The number of halogens is 3. The zero-order valence-electron chi connectivity index (χ0n) is 14.4. The monoisotopic (exact) mass is 405 g/mol.